The fourth-order valence-electron chi connectivity index (χ4n) is 3.09. The molecule has 0 spiro atoms. The van der Waals surface area contributed by atoms with E-state index in [2.05, 4.69) is 15.9 Å². The molecule has 0 saturated carbocycles. The van der Waals surface area contributed by atoms with E-state index in [0.29, 0.717) is 22.2 Å². The minimum atomic E-state index is -4.27. The molecule has 31 heavy (non-hydrogen) atoms. The molecule has 0 atom stereocenters. The summed E-state index contributed by atoms with van der Waals surface area (Å²) in [5.74, 6) is -0.419. The molecule has 2 N–H and O–H groups in total. The number of hydroxylamine groups is 1. The van der Waals surface area contributed by atoms with Crippen LogP contribution in [0.25, 0.3) is 0 Å². The average molecular weight is 505 g/mol. The molecule has 9 heteroatoms. The molecule has 3 aromatic carbocycles. The van der Waals surface area contributed by atoms with Crippen molar-refractivity contribution in [1.29, 1.82) is 0 Å². The summed E-state index contributed by atoms with van der Waals surface area (Å²) in [4.78, 5) is 14.4. The highest BCUT2D eigenvalue weighted by Gasteiger charge is 2.25. The van der Waals surface area contributed by atoms with E-state index in [0.717, 1.165) is 11.1 Å². The minimum absolute atomic E-state index is 0.0208. The topological polar surface area (TPSA) is 95.9 Å². The number of aryl methyl sites for hydroxylation is 1. The number of hydrogen-bond donors (Lipinski definition) is 2. The molecule has 0 fully saturated rings. The maximum atomic E-state index is 13.0. The predicted molar refractivity (Wildman–Crippen MR) is 119 cm³/mol. The lowest BCUT2D eigenvalue weighted by molar-refractivity contribution is -0.0761. The average Bonchev–Trinajstić information content (AvgIpc) is 2.72. The molecule has 3 rings (SSSR count). The van der Waals surface area contributed by atoms with Crippen molar-refractivity contribution in [2.75, 3.05) is 7.11 Å². The number of hydrazine groups is 1. The van der Waals surface area contributed by atoms with Gasteiger partial charge in [-0.1, -0.05) is 51.1 Å². The van der Waals surface area contributed by atoms with Gasteiger partial charge in [0.25, 0.3) is 15.9 Å². The largest absolute Gasteiger partial charge is 0.497 e. The zero-order chi connectivity index (χ0) is 22.6. The number of benzene rings is 3. The Hall–Kier alpha value is -2.72. The number of ether oxygens (including phenoxy) is 1. The summed E-state index contributed by atoms with van der Waals surface area (Å²) in [5, 5.41) is 10.2. The molecule has 0 aliphatic carbocycles. The summed E-state index contributed by atoms with van der Waals surface area (Å²) in [6, 6.07) is 18.6. The van der Waals surface area contributed by atoms with Crippen molar-refractivity contribution in [3.8, 4) is 5.75 Å². The summed E-state index contributed by atoms with van der Waals surface area (Å²) >= 11 is 3.28. The number of carbonyl (C=O) groups is 1. The van der Waals surface area contributed by atoms with Crippen molar-refractivity contribution in [2.45, 2.75) is 18.2 Å². The first-order chi connectivity index (χ1) is 14.7. The number of nitrogens with zero attached hydrogens (tertiary/aromatic N) is 1. The zero-order valence-electron chi connectivity index (χ0n) is 16.9. The summed E-state index contributed by atoms with van der Waals surface area (Å²) < 4.78 is 31.9. The van der Waals surface area contributed by atoms with Crippen LogP contribution in [0, 0.1) is 6.92 Å². The van der Waals surface area contributed by atoms with Gasteiger partial charge in [-0.25, -0.2) is 8.42 Å². The van der Waals surface area contributed by atoms with Gasteiger partial charge in [0.05, 0.1) is 12.0 Å². The van der Waals surface area contributed by atoms with Crippen LogP contribution in [0.2, 0.25) is 0 Å². The Morgan fingerprint density at radius 2 is 1.81 bits per heavy atom. The van der Waals surface area contributed by atoms with Gasteiger partial charge in [-0.2, -0.15) is 0 Å². The lowest BCUT2D eigenvalue weighted by Gasteiger charge is -2.18. The van der Waals surface area contributed by atoms with E-state index in [-0.39, 0.29) is 15.6 Å². The summed E-state index contributed by atoms with van der Waals surface area (Å²) in [6.07, 6.45) is 0.318. The second-order valence-electron chi connectivity index (χ2n) is 6.86. The number of halogens is 1. The summed E-state index contributed by atoms with van der Waals surface area (Å²) in [7, 11) is -2.78. The van der Waals surface area contributed by atoms with Gasteiger partial charge in [0.1, 0.15) is 5.75 Å². The van der Waals surface area contributed by atoms with Gasteiger partial charge in [-0.15, -0.1) is 5.17 Å². The molecule has 3 aromatic rings. The van der Waals surface area contributed by atoms with E-state index in [1.807, 2.05) is 35.2 Å². The highest BCUT2D eigenvalue weighted by atomic mass is 79.9. The first-order valence-corrected chi connectivity index (χ1v) is 11.5. The van der Waals surface area contributed by atoms with Gasteiger partial charge < -0.3 is 4.74 Å². The quantitative estimate of drug-likeness (QED) is 0.373. The Kier molecular flexibility index (Phi) is 7.11. The molecule has 0 heterocycles. The fraction of sp³-hybridized carbons (Fsp3) is 0.136. The van der Waals surface area contributed by atoms with E-state index in [4.69, 9.17) is 4.74 Å². The highest BCUT2D eigenvalue weighted by molar-refractivity contribution is 9.10. The monoisotopic (exact) mass is 504 g/mol. The van der Waals surface area contributed by atoms with Crippen LogP contribution in [0.15, 0.2) is 76.1 Å². The van der Waals surface area contributed by atoms with Crippen LogP contribution in [-0.2, 0) is 16.4 Å². The molecule has 0 aliphatic heterocycles. The maximum absolute atomic E-state index is 13.0. The fourth-order valence-corrected chi connectivity index (χ4v) is 4.83. The molecule has 0 radical (unpaired) electrons. The van der Waals surface area contributed by atoms with Crippen LogP contribution < -0.4 is 9.57 Å². The number of hydrogen-bond acceptors (Lipinski definition) is 5. The van der Waals surface area contributed by atoms with Crippen LogP contribution in [0.4, 0.5) is 0 Å². The Balaban J connectivity index is 1.91. The molecule has 0 aliphatic rings. The number of carbonyl (C=O) groups excluding carboxylic acids is 1. The molecular weight excluding hydrogens is 484 g/mol. The zero-order valence-corrected chi connectivity index (χ0v) is 19.3. The van der Waals surface area contributed by atoms with Gasteiger partial charge in [-0.05, 0) is 66.4 Å². The first kappa shape index (κ1) is 23.0. The van der Waals surface area contributed by atoms with Crippen LogP contribution in [0.1, 0.15) is 27.0 Å². The number of rotatable bonds is 7. The van der Waals surface area contributed by atoms with Crippen molar-refractivity contribution in [3.63, 3.8) is 0 Å². The SMILES string of the molecule is COc1ccc(S(=O)(=O)NN(O)C(=O)c2cc(C)cc(Br)c2)c(Cc2ccccc2)c1. The van der Waals surface area contributed by atoms with Gasteiger partial charge >= 0.3 is 0 Å². The van der Waals surface area contributed by atoms with E-state index in [1.54, 1.807) is 25.1 Å². The maximum Gasteiger partial charge on any atom is 0.293 e. The smallest absolute Gasteiger partial charge is 0.293 e. The lowest BCUT2D eigenvalue weighted by atomic mass is 10.0. The predicted octanol–water partition coefficient (Wildman–Crippen LogP) is 4.08. The first-order valence-electron chi connectivity index (χ1n) is 9.23. The third-order valence-corrected chi connectivity index (χ3v) is 6.33. The van der Waals surface area contributed by atoms with Crippen molar-refractivity contribution < 1.29 is 23.2 Å². The molecule has 0 saturated heterocycles. The Labute approximate surface area is 189 Å². The Morgan fingerprint density at radius 1 is 1.10 bits per heavy atom. The van der Waals surface area contributed by atoms with Crippen LogP contribution in [0.3, 0.4) is 0 Å². The third-order valence-electron chi connectivity index (χ3n) is 4.48. The molecule has 7 nitrogen and oxygen atoms in total. The molecular formula is C22H21BrN2O5S. The minimum Gasteiger partial charge on any atom is -0.497 e. The van der Waals surface area contributed by atoms with Gasteiger partial charge in [-0.3, -0.25) is 10.0 Å². The number of sulfonamides is 1. The van der Waals surface area contributed by atoms with Crippen LogP contribution in [0.5, 0.6) is 5.75 Å². The number of nitrogens with one attached hydrogen (secondary N) is 1. The molecule has 1 amide bonds. The van der Waals surface area contributed by atoms with Crippen molar-refractivity contribution >= 4 is 31.9 Å². The highest BCUT2D eigenvalue weighted by Crippen LogP contribution is 2.25. The van der Waals surface area contributed by atoms with Crippen LogP contribution >= 0.6 is 15.9 Å². The molecule has 0 unspecified atom stereocenters. The number of amides is 1. The Bertz CT molecular complexity index is 1180. The normalized spacial score (nSPS) is 11.2. The Morgan fingerprint density at radius 3 is 2.45 bits per heavy atom. The van der Waals surface area contributed by atoms with Gasteiger partial charge in [0, 0.05) is 10.0 Å². The van der Waals surface area contributed by atoms with Gasteiger partial charge in [0.15, 0.2) is 0 Å². The summed E-state index contributed by atoms with van der Waals surface area (Å²) in [6.45, 7) is 1.78. The number of methoxy groups -OCH3 is 1. The standard InChI is InChI=1S/C22H21BrN2O5S/c1-15-10-18(13-19(23)11-15)22(26)25(27)24-31(28,29)21-9-8-20(30-2)14-17(21)12-16-6-4-3-5-7-16/h3-11,13-14,24,27H,12H2,1-2H3. The third kappa shape index (κ3) is 5.71. The molecule has 0 aromatic heterocycles. The second-order valence-corrected chi connectivity index (χ2v) is 9.41. The van der Waals surface area contributed by atoms with Crippen molar-refractivity contribution in [3.05, 3.63) is 93.5 Å². The van der Waals surface area contributed by atoms with Crippen LogP contribution in [-0.4, -0.2) is 31.8 Å². The molecule has 0 bridgehead atoms. The second kappa shape index (κ2) is 9.61. The van der Waals surface area contributed by atoms with E-state index in [1.165, 1.54) is 25.3 Å². The van der Waals surface area contributed by atoms with Gasteiger partial charge in [0.2, 0.25) is 0 Å². The van der Waals surface area contributed by atoms with E-state index in [9.17, 15) is 18.4 Å². The van der Waals surface area contributed by atoms with E-state index >= 15 is 0 Å². The van der Waals surface area contributed by atoms with E-state index < -0.39 is 15.9 Å². The molecule has 162 valence electrons. The van der Waals surface area contributed by atoms with Crippen molar-refractivity contribution in [2.24, 2.45) is 0 Å². The summed E-state index contributed by atoms with van der Waals surface area (Å²) in [5.41, 5.74) is 2.25. The van der Waals surface area contributed by atoms with Crippen molar-refractivity contribution in [1.82, 2.24) is 10.0 Å². The lowest BCUT2D eigenvalue weighted by Crippen LogP contribution is -2.44.